The van der Waals surface area contributed by atoms with Gasteiger partial charge in [0, 0.05) is 12.7 Å². The molecule has 0 aliphatic heterocycles. The molecular weight excluding hydrogens is 410 g/mol. The number of nitrogens with zero attached hydrogens (tertiary/aromatic N) is 5. The van der Waals surface area contributed by atoms with E-state index >= 15 is 0 Å². The molecule has 0 fully saturated rings. The van der Waals surface area contributed by atoms with Gasteiger partial charge in [-0.1, -0.05) is 0 Å². The van der Waals surface area contributed by atoms with Gasteiger partial charge in [0.2, 0.25) is 5.75 Å². The predicted molar refractivity (Wildman–Crippen MR) is 122 cm³/mol. The molecule has 0 spiro atoms. The van der Waals surface area contributed by atoms with Crippen LogP contribution in [0.5, 0.6) is 23.0 Å². The van der Waals surface area contributed by atoms with E-state index in [1.807, 2.05) is 52.9 Å². The number of benzene rings is 2. The molecule has 9 nitrogen and oxygen atoms in total. The second-order valence-corrected chi connectivity index (χ2v) is 7.03. The van der Waals surface area contributed by atoms with E-state index in [1.54, 1.807) is 41.1 Å². The van der Waals surface area contributed by atoms with Crippen molar-refractivity contribution in [2.24, 2.45) is 0 Å². The highest BCUT2D eigenvalue weighted by Crippen LogP contribution is 2.38. The molecule has 0 atom stereocenters. The minimum Gasteiger partial charge on any atom is -0.497 e. The molecular formula is C23H25N5O4. The molecule has 0 N–H and O–H groups in total. The van der Waals surface area contributed by atoms with Crippen molar-refractivity contribution in [1.29, 1.82) is 0 Å². The largest absolute Gasteiger partial charge is 0.497 e. The summed E-state index contributed by atoms with van der Waals surface area (Å²) in [4.78, 5) is 15.5. The van der Waals surface area contributed by atoms with Crippen LogP contribution in [0.4, 0.5) is 11.5 Å². The number of aromatic nitrogens is 4. The van der Waals surface area contributed by atoms with E-state index in [-0.39, 0.29) is 0 Å². The Morgan fingerprint density at radius 1 is 0.844 bits per heavy atom. The maximum Gasteiger partial charge on any atom is 0.203 e. The Bertz CT molecular complexity index is 1200. The van der Waals surface area contributed by atoms with Gasteiger partial charge in [0.25, 0.3) is 0 Å². The Morgan fingerprint density at radius 3 is 2.12 bits per heavy atom. The van der Waals surface area contributed by atoms with Crippen LogP contribution >= 0.6 is 0 Å². The Hall–Kier alpha value is -4.01. The maximum absolute atomic E-state index is 5.47. The van der Waals surface area contributed by atoms with Crippen LogP contribution in [0, 0.1) is 0 Å². The molecule has 0 unspecified atom stereocenters. The van der Waals surface area contributed by atoms with E-state index in [4.69, 9.17) is 18.9 Å². The number of hydrogen-bond donors (Lipinski definition) is 0. The molecule has 0 saturated carbocycles. The van der Waals surface area contributed by atoms with Gasteiger partial charge in [0.1, 0.15) is 12.1 Å². The average molecular weight is 435 g/mol. The van der Waals surface area contributed by atoms with Crippen molar-refractivity contribution in [3.63, 3.8) is 0 Å². The van der Waals surface area contributed by atoms with E-state index < -0.39 is 0 Å². The topological polar surface area (TPSA) is 83.8 Å². The molecule has 0 saturated heterocycles. The monoisotopic (exact) mass is 435 g/mol. The highest BCUT2D eigenvalue weighted by Gasteiger charge is 2.17. The first-order valence-electron chi connectivity index (χ1n) is 9.92. The first kappa shape index (κ1) is 21.2. The minimum absolute atomic E-state index is 0.524. The summed E-state index contributed by atoms with van der Waals surface area (Å²) in [6.45, 7) is 0.524. The zero-order valence-electron chi connectivity index (χ0n) is 18.7. The Balaban J connectivity index is 1.69. The number of rotatable bonds is 8. The molecule has 4 aromatic rings. The van der Waals surface area contributed by atoms with Crippen molar-refractivity contribution < 1.29 is 18.9 Å². The highest BCUT2D eigenvalue weighted by molar-refractivity contribution is 5.86. The van der Waals surface area contributed by atoms with Gasteiger partial charge in [-0.05, 0) is 42.0 Å². The van der Waals surface area contributed by atoms with Gasteiger partial charge in [0.15, 0.2) is 28.5 Å². The van der Waals surface area contributed by atoms with Crippen LogP contribution in [-0.2, 0) is 6.54 Å². The van der Waals surface area contributed by atoms with Crippen LogP contribution in [0.3, 0.4) is 0 Å². The summed E-state index contributed by atoms with van der Waals surface area (Å²) in [5.74, 6) is 3.26. The van der Waals surface area contributed by atoms with Gasteiger partial charge in [-0.3, -0.25) is 0 Å². The maximum atomic E-state index is 5.47. The lowest BCUT2D eigenvalue weighted by atomic mass is 10.1. The second kappa shape index (κ2) is 9.01. The summed E-state index contributed by atoms with van der Waals surface area (Å²) in [6.07, 6.45) is 3.30. The van der Waals surface area contributed by atoms with Crippen molar-refractivity contribution in [3.8, 4) is 23.0 Å². The summed E-state index contributed by atoms with van der Waals surface area (Å²) >= 11 is 0. The van der Waals surface area contributed by atoms with Crippen molar-refractivity contribution >= 4 is 22.7 Å². The van der Waals surface area contributed by atoms with Crippen molar-refractivity contribution in [2.75, 3.05) is 40.4 Å². The molecule has 2 heterocycles. The molecule has 4 rings (SSSR count). The number of imidazole rings is 1. The van der Waals surface area contributed by atoms with Crippen molar-refractivity contribution in [2.45, 2.75) is 6.54 Å². The SMILES string of the molecule is COc1ccc(N(C)c2ncnc3c2ncn3Cc2cc(OC)c(OC)c(OC)c2)cc1. The van der Waals surface area contributed by atoms with Crippen LogP contribution in [0.1, 0.15) is 5.56 Å². The quantitative estimate of drug-likeness (QED) is 0.415. The number of fused-ring (bicyclic) bond motifs is 1. The molecule has 166 valence electrons. The van der Waals surface area contributed by atoms with Crippen molar-refractivity contribution in [3.05, 3.63) is 54.6 Å². The smallest absolute Gasteiger partial charge is 0.203 e. The fourth-order valence-corrected chi connectivity index (χ4v) is 3.58. The third-order valence-electron chi connectivity index (χ3n) is 5.24. The van der Waals surface area contributed by atoms with Crippen molar-refractivity contribution in [1.82, 2.24) is 19.5 Å². The first-order chi connectivity index (χ1) is 15.6. The fourth-order valence-electron chi connectivity index (χ4n) is 3.58. The normalized spacial score (nSPS) is 10.8. The van der Waals surface area contributed by atoms with Crippen LogP contribution in [0.25, 0.3) is 11.2 Å². The minimum atomic E-state index is 0.524. The number of methoxy groups -OCH3 is 4. The summed E-state index contributed by atoms with van der Waals surface area (Å²) in [7, 11) is 8.38. The molecule has 0 aliphatic carbocycles. The van der Waals surface area contributed by atoms with Gasteiger partial charge in [-0.15, -0.1) is 0 Å². The third-order valence-corrected chi connectivity index (χ3v) is 5.24. The van der Waals surface area contributed by atoms with E-state index in [1.165, 1.54) is 0 Å². The number of hydrogen-bond acceptors (Lipinski definition) is 8. The van der Waals surface area contributed by atoms with Gasteiger partial charge < -0.3 is 28.4 Å². The first-order valence-corrected chi connectivity index (χ1v) is 9.92. The van der Waals surface area contributed by atoms with Crippen LogP contribution in [0.2, 0.25) is 0 Å². The summed E-state index contributed by atoms with van der Waals surface area (Å²) in [5.41, 5.74) is 3.36. The third kappa shape index (κ3) is 3.84. The number of anilines is 2. The Labute approximate surface area is 186 Å². The molecule has 2 aromatic carbocycles. The lowest BCUT2D eigenvalue weighted by molar-refractivity contribution is 0.323. The average Bonchev–Trinajstić information content (AvgIpc) is 3.25. The van der Waals surface area contributed by atoms with E-state index in [0.29, 0.717) is 35.1 Å². The van der Waals surface area contributed by atoms with E-state index in [2.05, 4.69) is 15.0 Å². The Morgan fingerprint density at radius 2 is 1.53 bits per heavy atom. The zero-order chi connectivity index (χ0) is 22.7. The van der Waals surface area contributed by atoms with Crippen LogP contribution in [-0.4, -0.2) is 55.0 Å². The molecule has 0 radical (unpaired) electrons. The summed E-state index contributed by atoms with van der Waals surface area (Å²) in [6, 6.07) is 11.6. The lowest BCUT2D eigenvalue weighted by Gasteiger charge is -2.18. The summed E-state index contributed by atoms with van der Waals surface area (Å²) < 4.78 is 23.6. The molecule has 9 heteroatoms. The second-order valence-electron chi connectivity index (χ2n) is 7.03. The van der Waals surface area contributed by atoms with Crippen LogP contribution < -0.4 is 23.8 Å². The molecule has 0 aliphatic rings. The van der Waals surface area contributed by atoms with E-state index in [9.17, 15) is 0 Å². The van der Waals surface area contributed by atoms with Gasteiger partial charge in [-0.2, -0.15) is 0 Å². The molecule has 2 aromatic heterocycles. The van der Waals surface area contributed by atoms with Gasteiger partial charge in [-0.25, -0.2) is 15.0 Å². The lowest BCUT2D eigenvalue weighted by Crippen LogP contribution is -2.12. The van der Waals surface area contributed by atoms with E-state index in [0.717, 1.165) is 22.6 Å². The zero-order valence-corrected chi connectivity index (χ0v) is 18.7. The molecule has 0 bridgehead atoms. The Kier molecular flexibility index (Phi) is 5.98. The fraction of sp³-hybridized carbons (Fsp3) is 0.261. The molecule has 0 amide bonds. The summed E-state index contributed by atoms with van der Waals surface area (Å²) in [5, 5.41) is 0. The van der Waals surface area contributed by atoms with Gasteiger partial charge >= 0.3 is 0 Å². The highest BCUT2D eigenvalue weighted by atomic mass is 16.5. The van der Waals surface area contributed by atoms with Crippen LogP contribution in [0.15, 0.2) is 49.1 Å². The number of ether oxygens (including phenoxy) is 4. The standard InChI is InChI=1S/C23H25N5O4/c1-27(16-6-8-17(29-2)9-7-16)22-20-23(25-13-24-22)28(14-26-20)12-15-10-18(30-3)21(32-5)19(11-15)31-4/h6-11,13-14H,12H2,1-5H3. The molecule has 32 heavy (non-hydrogen) atoms. The predicted octanol–water partition coefficient (Wildman–Crippen LogP) is 3.68. The van der Waals surface area contributed by atoms with Gasteiger partial charge in [0.05, 0.1) is 41.3 Å².